The van der Waals surface area contributed by atoms with Crippen LogP contribution in [0.15, 0.2) is 24.3 Å². The van der Waals surface area contributed by atoms with Crippen LogP contribution in [0.4, 0.5) is 4.39 Å². The number of ether oxygens (including phenoxy) is 1. The fraction of sp³-hybridized carbons (Fsp3) is 0.250. The van der Waals surface area contributed by atoms with Crippen molar-refractivity contribution in [3.63, 3.8) is 0 Å². The summed E-state index contributed by atoms with van der Waals surface area (Å²) in [5.74, 6) is -3.88. The standard InChI is InChI=1S/C12H12FNO5/c1-19-10(15)6-9(12(17)18)14-11(16)7-4-2-3-5-8(7)13/h2-5,9H,6H2,1H3,(H,14,16)(H,17,18)/t9-/m0/s1. The van der Waals surface area contributed by atoms with Crippen LogP contribution in [-0.2, 0) is 14.3 Å². The number of halogens is 1. The van der Waals surface area contributed by atoms with Crippen LogP contribution in [-0.4, -0.2) is 36.1 Å². The molecule has 2 N–H and O–H groups in total. The molecular formula is C12H12FNO5. The lowest BCUT2D eigenvalue weighted by Crippen LogP contribution is -2.42. The summed E-state index contributed by atoms with van der Waals surface area (Å²) in [5.41, 5.74) is -0.293. The number of esters is 1. The van der Waals surface area contributed by atoms with Gasteiger partial charge in [-0.1, -0.05) is 12.1 Å². The zero-order chi connectivity index (χ0) is 14.4. The molecule has 1 amide bonds. The third kappa shape index (κ3) is 4.06. The molecule has 0 radical (unpaired) electrons. The lowest BCUT2D eigenvalue weighted by Gasteiger charge is -2.13. The Morgan fingerprint density at radius 2 is 2.00 bits per heavy atom. The SMILES string of the molecule is COC(=O)C[C@H](NC(=O)c1ccccc1F)C(=O)O. The Bertz CT molecular complexity index is 503. The first-order chi connectivity index (χ1) is 8.95. The number of carboxylic acids is 1. The van der Waals surface area contributed by atoms with Gasteiger partial charge in [0.2, 0.25) is 0 Å². The highest BCUT2D eigenvalue weighted by molar-refractivity contribution is 5.97. The van der Waals surface area contributed by atoms with E-state index in [0.717, 1.165) is 13.2 Å². The van der Waals surface area contributed by atoms with Crippen molar-refractivity contribution in [3.8, 4) is 0 Å². The van der Waals surface area contributed by atoms with Gasteiger partial charge in [0.05, 0.1) is 19.1 Å². The Kier molecular flexibility index (Phi) is 4.99. The smallest absolute Gasteiger partial charge is 0.326 e. The summed E-state index contributed by atoms with van der Waals surface area (Å²) in [6.07, 6.45) is -0.536. The zero-order valence-electron chi connectivity index (χ0n) is 10.1. The van der Waals surface area contributed by atoms with Crippen molar-refractivity contribution >= 4 is 17.8 Å². The normalized spacial score (nSPS) is 11.5. The van der Waals surface area contributed by atoms with Gasteiger partial charge in [0.1, 0.15) is 11.9 Å². The first-order valence-corrected chi connectivity index (χ1v) is 5.30. The highest BCUT2D eigenvalue weighted by atomic mass is 19.1. The molecule has 7 heteroatoms. The number of aliphatic carboxylic acids is 1. The van der Waals surface area contributed by atoms with Crippen molar-refractivity contribution in [3.05, 3.63) is 35.6 Å². The maximum atomic E-state index is 13.3. The summed E-state index contributed by atoms with van der Waals surface area (Å²) in [6.45, 7) is 0. The largest absolute Gasteiger partial charge is 0.480 e. The second-order valence-electron chi connectivity index (χ2n) is 3.62. The van der Waals surface area contributed by atoms with E-state index in [1.807, 2.05) is 0 Å². The molecule has 1 atom stereocenters. The molecule has 0 saturated carbocycles. The Balaban J connectivity index is 2.80. The van der Waals surface area contributed by atoms with Gasteiger partial charge in [0.15, 0.2) is 0 Å². The van der Waals surface area contributed by atoms with E-state index in [1.165, 1.54) is 18.2 Å². The van der Waals surface area contributed by atoms with Crippen molar-refractivity contribution in [2.45, 2.75) is 12.5 Å². The summed E-state index contributed by atoms with van der Waals surface area (Å²) in [7, 11) is 1.10. The molecule has 0 aliphatic carbocycles. The average Bonchev–Trinajstić information content (AvgIpc) is 2.37. The number of rotatable bonds is 5. The van der Waals surface area contributed by atoms with Crippen LogP contribution >= 0.6 is 0 Å². The number of methoxy groups -OCH3 is 1. The molecule has 0 aliphatic heterocycles. The van der Waals surface area contributed by atoms with Crippen molar-refractivity contribution in [1.82, 2.24) is 5.32 Å². The Morgan fingerprint density at radius 3 is 2.53 bits per heavy atom. The number of benzene rings is 1. The molecule has 0 aliphatic rings. The molecule has 19 heavy (non-hydrogen) atoms. The van der Waals surface area contributed by atoms with Gasteiger partial charge in [-0.25, -0.2) is 9.18 Å². The average molecular weight is 269 g/mol. The van der Waals surface area contributed by atoms with E-state index in [1.54, 1.807) is 0 Å². The summed E-state index contributed by atoms with van der Waals surface area (Å²) in [4.78, 5) is 33.6. The first kappa shape index (κ1) is 14.6. The molecule has 1 rings (SSSR count). The van der Waals surface area contributed by atoms with Crippen LogP contribution < -0.4 is 5.32 Å². The van der Waals surface area contributed by atoms with Gasteiger partial charge in [0.25, 0.3) is 5.91 Å². The third-order valence-corrected chi connectivity index (χ3v) is 2.32. The van der Waals surface area contributed by atoms with E-state index in [4.69, 9.17) is 5.11 Å². The van der Waals surface area contributed by atoms with E-state index in [9.17, 15) is 18.8 Å². The number of carboxylic acid groups (broad SMARTS) is 1. The monoisotopic (exact) mass is 269 g/mol. The number of hydrogen-bond acceptors (Lipinski definition) is 4. The van der Waals surface area contributed by atoms with E-state index in [0.29, 0.717) is 0 Å². The predicted molar refractivity (Wildman–Crippen MR) is 61.9 cm³/mol. The van der Waals surface area contributed by atoms with Gasteiger partial charge in [-0.15, -0.1) is 0 Å². The lowest BCUT2D eigenvalue weighted by molar-refractivity contribution is -0.147. The minimum Gasteiger partial charge on any atom is -0.480 e. The van der Waals surface area contributed by atoms with Crippen molar-refractivity contribution in [2.75, 3.05) is 7.11 Å². The van der Waals surface area contributed by atoms with Gasteiger partial charge in [-0.3, -0.25) is 9.59 Å². The maximum Gasteiger partial charge on any atom is 0.326 e. The van der Waals surface area contributed by atoms with Crippen molar-refractivity contribution < 1.29 is 28.6 Å². The lowest BCUT2D eigenvalue weighted by atomic mass is 10.1. The molecule has 1 aromatic carbocycles. The van der Waals surface area contributed by atoms with E-state index >= 15 is 0 Å². The molecule has 0 spiro atoms. The topological polar surface area (TPSA) is 92.7 Å². The summed E-state index contributed by atoms with van der Waals surface area (Å²) < 4.78 is 17.6. The number of carbonyl (C=O) groups excluding carboxylic acids is 2. The van der Waals surface area contributed by atoms with Gasteiger partial charge >= 0.3 is 11.9 Å². The van der Waals surface area contributed by atoms with Crippen molar-refractivity contribution in [2.24, 2.45) is 0 Å². The molecule has 0 fully saturated rings. The molecular weight excluding hydrogens is 257 g/mol. The molecule has 0 saturated heterocycles. The fourth-order valence-electron chi connectivity index (χ4n) is 1.33. The Labute approximate surface area is 108 Å². The summed E-state index contributed by atoms with van der Waals surface area (Å²) in [6, 6.07) is 3.65. The maximum absolute atomic E-state index is 13.3. The number of amides is 1. The predicted octanol–water partition coefficient (Wildman–Crippen LogP) is 0.572. The number of nitrogens with one attached hydrogen (secondary N) is 1. The van der Waals surface area contributed by atoms with E-state index < -0.39 is 36.1 Å². The quantitative estimate of drug-likeness (QED) is 0.762. The fourth-order valence-corrected chi connectivity index (χ4v) is 1.33. The molecule has 0 unspecified atom stereocenters. The molecule has 102 valence electrons. The second-order valence-corrected chi connectivity index (χ2v) is 3.62. The molecule has 6 nitrogen and oxygen atoms in total. The van der Waals surface area contributed by atoms with Crippen LogP contribution in [0.3, 0.4) is 0 Å². The number of carbonyl (C=O) groups is 3. The second kappa shape index (κ2) is 6.48. The number of hydrogen-bond donors (Lipinski definition) is 2. The van der Waals surface area contributed by atoms with Gasteiger partial charge < -0.3 is 15.2 Å². The highest BCUT2D eigenvalue weighted by Crippen LogP contribution is 2.07. The molecule has 0 aromatic heterocycles. The van der Waals surface area contributed by atoms with Crippen LogP contribution in [0.1, 0.15) is 16.8 Å². The van der Waals surface area contributed by atoms with Crippen LogP contribution in [0, 0.1) is 5.82 Å². The Morgan fingerprint density at radius 1 is 1.37 bits per heavy atom. The molecule has 0 bridgehead atoms. The molecule has 0 heterocycles. The third-order valence-electron chi connectivity index (χ3n) is 2.32. The van der Waals surface area contributed by atoms with E-state index in [2.05, 4.69) is 10.1 Å². The van der Waals surface area contributed by atoms with Gasteiger partial charge in [0, 0.05) is 0 Å². The van der Waals surface area contributed by atoms with E-state index in [-0.39, 0.29) is 5.56 Å². The van der Waals surface area contributed by atoms with Crippen LogP contribution in [0.25, 0.3) is 0 Å². The summed E-state index contributed by atoms with van der Waals surface area (Å²) in [5, 5.41) is 10.9. The zero-order valence-corrected chi connectivity index (χ0v) is 10.1. The van der Waals surface area contributed by atoms with Gasteiger partial charge in [-0.05, 0) is 12.1 Å². The summed E-state index contributed by atoms with van der Waals surface area (Å²) >= 11 is 0. The van der Waals surface area contributed by atoms with Crippen LogP contribution in [0.5, 0.6) is 0 Å². The first-order valence-electron chi connectivity index (χ1n) is 5.30. The van der Waals surface area contributed by atoms with Crippen molar-refractivity contribution in [1.29, 1.82) is 0 Å². The minimum atomic E-state index is -1.47. The van der Waals surface area contributed by atoms with Gasteiger partial charge in [-0.2, -0.15) is 0 Å². The molecule has 1 aromatic rings. The van der Waals surface area contributed by atoms with Crippen LogP contribution in [0.2, 0.25) is 0 Å². The highest BCUT2D eigenvalue weighted by Gasteiger charge is 2.25. The minimum absolute atomic E-state index is 0.293. The Hall–Kier alpha value is -2.44.